The van der Waals surface area contributed by atoms with Gasteiger partial charge in [-0.05, 0) is 12.1 Å². The van der Waals surface area contributed by atoms with E-state index in [2.05, 4.69) is 9.88 Å². The van der Waals surface area contributed by atoms with Crippen LogP contribution in [0.15, 0.2) is 18.3 Å². The molecule has 6 heteroatoms. The number of hydrogen-bond donors (Lipinski definition) is 1. The first-order valence-electron chi connectivity index (χ1n) is 6.43. The van der Waals surface area contributed by atoms with Gasteiger partial charge in [0.15, 0.2) is 0 Å². The summed E-state index contributed by atoms with van der Waals surface area (Å²) in [6.07, 6.45) is 1.57. The number of nitrogens with two attached hydrogens (primary N) is 1. The number of ether oxygens (including phenoxy) is 1. The lowest BCUT2D eigenvalue weighted by Gasteiger charge is -2.34. The molecule has 6 nitrogen and oxygen atoms in total. The highest BCUT2D eigenvalue weighted by Gasteiger charge is 2.21. The van der Waals surface area contributed by atoms with Crippen LogP contribution >= 0.6 is 0 Å². The monoisotopic (exact) mass is 264 g/mol. The number of amides is 1. The van der Waals surface area contributed by atoms with Gasteiger partial charge in [-0.2, -0.15) is 0 Å². The number of aromatic nitrogens is 1. The maximum absolute atomic E-state index is 12.3. The van der Waals surface area contributed by atoms with Crippen LogP contribution < -0.4 is 5.73 Å². The van der Waals surface area contributed by atoms with Crippen molar-refractivity contribution in [1.82, 2.24) is 14.8 Å². The molecule has 1 aliphatic rings. The Morgan fingerprint density at radius 1 is 1.42 bits per heavy atom. The SMILES string of the molecule is COCCN1CCN(C(=O)c2ccnc(N)c2)CC1. The molecule has 2 heterocycles. The highest BCUT2D eigenvalue weighted by atomic mass is 16.5. The Labute approximate surface area is 113 Å². The number of anilines is 1. The smallest absolute Gasteiger partial charge is 0.254 e. The minimum Gasteiger partial charge on any atom is -0.384 e. The molecule has 0 bridgehead atoms. The summed E-state index contributed by atoms with van der Waals surface area (Å²) in [7, 11) is 1.70. The van der Waals surface area contributed by atoms with E-state index < -0.39 is 0 Å². The van der Waals surface area contributed by atoms with Crippen LogP contribution in [0.25, 0.3) is 0 Å². The number of piperazine rings is 1. The zero-order chi connectivity index (χ0) is 13.7. The molecule has 1 amide bonds. The summed E-state index contributed by atoms with van der Waals surface area (Å²) in [4.78, 5) is 20.3. The summed E-state index contributed by atoms with van der Waals surface area (Å²) >= 11 is 0. The van der Waals surface area contributed by atoms with Crippen molar-refractivity contribution >= 4 is 11.7 Å². The number of hydrogen-bond acceptors (Lipinski definition) is 5. The highest BCUT2D eigenvalue weighted by Crippen LogP contribution is 2.10. The summed E-state index contributed by atoms with van der Waals surface area (Å²) in [5, 5.41) is 0. The van der Waals surface area contributed by atoms with Crippen molar-refractivity contribution in [3.63, 3.8) is 0 Å². The third-order valence-electron chi connectivity index (χ3n) is 3.30. The second kappa shape index (κ2) is 6.49. The van der Waals surface area contributed by atoms with Crippen molar-refractivity contribution < 1.29 is 9.53 Å². The molecule has 1 aliphatic heterocycles. The van der Waals surface area contributed by atoms with Crippen molar-refractivity contribution in [2.24, 2.45) is 0 Å². The van der Waals surface area contributed by atoms with Crippen molar-refractivity contribution in [3.05, 3.63) is 23.9 Å². The van der Waals surface area contributed by atoms with Gasteiger partial charge in [0.05, 0.1) is 6.61 Å². The molecule has 1 fully saturated rings. The lowest BCUT2D eigenvalue weighted by Crippen LogP contribution is -2.49. The number of rotatable bonds is 4. The Bertz CT molecular complexity index is 430. The van der Waals surface area contributed by atoms with Gasteiger partial charge in [0, 0.05) is 51.6 Å². The molecule has 19 heavy (non-hydrogen) atoms. The second-order valence-corrected chi connectivity index (χ2v) is 4.60. The van der Waals surface area contributed by atoms with E-state index in [0.29, 0.717) is 11.4 Å². The van der Waals surface area contributed by atoms with E-state index in [9.17, 15) is 4.79 Å². The van der Waals surface area contributed by atoms with Gasteiger partial charge in [0.1, 0.15) is 5.82 Å². The van der Waals surface area contributed by atoms with Gasteiger partial charge >= 0.3 is 0 Å². The molecule has 0 radical (unpaired) electrons. The second-order valence-electron chi connectivity index (χ2n) is 4.60. The predicted octanol–water partition coefficient (Wildman–Crippen LogP) is 0.0680. The van der Waals surface area contributed by atoms with Crippen LogP contribution in [0.1, 0.15) is 10.4 Å². The molecule has 0 aliphatic carbocycles. The van der Waals surface area contributed by atoms with Crippen LogP contribution in [0.4, 0.5) is 5.82 Å². The number of nitrogen functional groups attached to an aromatic ring is 1. The van der Waals surface area contributed by atoms with Gasteiger partial charge < -0.3 is 15.4 Å². The van der Waals surface area contributed by atoms with Crippen LogP contribution in [-0.4, -0.2) is 67.1 Å². The van der Waals surface area contributed by atoms with Gasteiger partial charge in [0.2, 0.25) is 0 Å². The minimum absolute atomic E-state index is 0.0282. The van der Waals surface area contributed by atoms with Crippen molar-refractivity contribution in [2.75, 3.05) is 52.2 Å². The Balaban J connectivity index is 1.89. The Morgan fingerprint density at radius 3 is 2.79 bits per heavy atom. The fourth-order valence-electron chi connectivity index (χ4n) is 2.16. The van der Waals surface area contributed by atoms with E-state index >= 15 is 0 Å². The summed E-state index contributed by atoms with van der Waals surface area (Å²) in [5.41, 5.74) is 6.21. The first-order chi connectivity index (χ1) is 9.20. The lowest BCUT2D eigenvalue weighted by atomic mass is 10.2. The van der Waals surface area contributed by atoms with Crippen LogP contribution in [0.5, 0.6) is 0 Å². The molecule has 1 aromatic heterocycles. The van der Waals surface area contributed by atoms with Gasteiger partial charge in [-0.25, -0.2) is 4.98 Å². The molecular weight excluding hydrogens is 244 g/mol. The first kappa shape index (κ1) is 13.8. The molecule has 0 aromatic carbocycles. The Kier molecular flexibility index (Phi) is 4.70. The number of pyridine rings is 1. The van der Waals surface area contributed by atoms with E-state index in [1.165, 1.54) is 0 Å². The number of nitrogens with zero attached hydrogens (tertiary/aromatic N) is 3. The fraction of sp³-hybridized carbons (Fsp3) is 0.538. The summed E-state index contributed by atoms with van der Waals surface area (Å²) in [6, 6.07) is 3.33. The number of carbonyl (C=O) groups excluding carboxylic acids is 1. The van der Waals surface area contributed by atoms with E-state index in [0.717, 1.165) is 39.3 Å². The first-order valence-corrected chi connectivity index (χ1v) is 6.43. The maximum atomic E-state index is 12.3. The largest absolute Gasteiger partial charge is 0.384 e. The quantitative estimate of drug-likeness (QED) is 0.833. The van der Waals surface area contributed by atoms with Gasteiger partial charge in [0.25, 0.3) is 5.91 Å². The number of carbonyl (C=O) groups is 1. The Hall–Kier alpha value is -1.66. The zero-order valence-electron chi connectivity index (χ0n) is 11.2. The molecule has 0 saturated carbocycles. The molecule has 104 valence electrons. The topological polar surface area (TPSA) is 71.7 Å². The van der Waals surface area contributed by atoms with Gasteiger partial charge in [-0.1, -0.05) is 0 Å². The average molecular weight is 264 g/mol. The van der Waals surface area contributed by atoms with E-state index in [4.69, 9.17) is 10.5 Å². The van der Waals surface area contributed by atoms with E-state index in [1.54, 1.807) is 25.4 Å². The van der Waals surface area contributed by atoms with Crippen molar-refractivity contribution in [2.45, 2.75) is 0 Å². The number of methoxy groups -OCH3 is 1. The summed E-state index contributed by atoms with van der Waals surface area (Å²) in [6.45, 7) is 4.90. The molecular formula is C13H20N4O2. The molecule has 0 atom stereocenters. The van der Waals surface area contributed by atoms with Crippen LogP contribution in [-0.2, 0) is 4.74 Å². The standard InChI is InChI=1S/C13H20N4O2/c1-19-9-8-16-4-6-17(7-5-16)13(18)11-2-3-15-12(14)10-11/h2-3,10H,4-9H2,1H3,(H2,14,15). The van der Waals surface area contributed by atoms with Gasteiger partial charge in [-0.3, -0.25) is 9.69 Å². The van der Waals surface area contributed by atoms with Gasteiger partial charge in [-0.15, -0.1) is 0 Å². The lowest BCUT2D eigenvalue weighted by molar-refractivity contribution is 0.0594. The predicted molar refractivity (Wildman–Crippen MR) is 72.9 cm³/mol. The fourth-order valence-corrected chi connectivity index (χ4v) is 2.16. The van der Waals surface area contributed by atoms with Crippen molar-refractivity contribution in [1.29, 1.82) is 0 Å². The summed E-state index contributed by atoms with van der Waals surface area (Å²) in [5.74, 6) is 0.407. The molecule has 0 spiro atoms. The third-order valence-corrected chi connectivity index (χ3v) is 3.30. The normalized spacial score (nSPS) is 16.6. The molecule has 1 saturated heterocycles. The summed E-state index contributed by atoms with van der Waals surface area (Å²) < 4.78 is 5.06. The average Bonchev–Trinajstić information content (AvgIpc) is 2.45. The molecule has 2 N–H and O–H groups in total. The van der Waals surface area contributed by atoms with E-state index in [1.807, 2.05) is 4.90 Å². The molecule has 2 rings (SSSR count). The molecule has 1 aromatic rings. The Morgan fingerprint density at radius 2 is 2.16 bits per heavy atom. The van der Waals surface area contributed by atoms with Crippen molar-refractivity contribution in [3.8, 4) is 0 Å². The maximum Gasteiger partial charge on any atom is 0.254 e. The van der Waals surface area contributed by atoms with Crippen LogP contribution in [0.2, 0.25) is 0 Å². The zero-order valence-corrected chi connectivity index (χ0v) is 11.2. The van der Waals surface area contributed by atoms with Crippen LogP contribution in [0.3, 0.4) is 0 Å². The third kappa shape index (κ3) is 3.65. The van der Waals surface area contributed by atoms with Crippen LogP contribution in [0, 0.1) is 0 Å². The highest BCUT2D eigenvalue weighted by molar-refractivity contribution is 5.94. The minimum atomic E-state index is 0.0282. The van der Waals surface area contributed by atoms with E-state index in [-0.39, 0.29) is 5.91 Å². The molecule has 0 unspecified atom stereocenters.